The number of carbonyl (C=O) groups is 2. The summed E-state index contributed by atoms with van der Waals surface area (Å²) in [4.78, 5) is 31.6. The van der Waals surface area contributed by atoms with Gasteiger partial charge in [0, 0.05) is 13.1 Å². The average molecular weight is 425 g/mol. The fourth-order valence-electron chi connectivity index (χ4n) is 4.01. The highest BCUT2D eigenvalue weighted by Crippen LogP contribution is 2.32. The van der Waals surface area contributed by atoms with Gasteiger partial charge in [-0.05, 0) is 35.9 Å². The molecule has 1 unspecified atom stereocenters. The maximum absolute atomic E-state index is 13.4. The Labute approximate surface area is 187 Å². The van der Waals surface area contributed by atoms with E-state index in [4.69, 9.17) is 5.26 Å². The Morgan fingerprint density at radius 2 is 1.56 bits per heavy atom. The Hall–Kier alpha value is -3.95. The van der Waals surface area contributed by atoms with Crippen molar-refractivity contribution in [1.29, 1.82) is 5.26 Å². The highest BCUT2D eigenvalue weighted by atomic mass is 16.2. The van der Waals surface area contributed by atoms with Crippen LogP contribution in [0, 0.1) is 11.3 Å². The van der Waals surface area contributed by atoms with Gasteiger partial charge >= 0.3 is 6.03 Å². The van der Waals surface area contributed by atoms with Crippen LogP contribution in [0.2, 0.25) is 0 Å². The van der Waals surface area contributed by atoms with Crippen molar-refractivity contribution in [3.8, 4) is 6.07 Å². The van der Waals surface area contributed by atoms with Gasteiger partial charge in [-0.15, -0.1) is 0 Å². The third kappa shape index (κ3) is 4.53. The molecule has 1 aliphatic rings. The maximum Gasteiger partial charge on any atom is 0.329 e. The van der Waals surface area contributed by atoms with Crippen molar-refractivity contribution < 1.29 is 9.59 Å². The molecule has 1 saturated heterocycles. The van der Waals surface area contributed by atoms with E-state index in [2.05, 4.69) is 6.07 Å². The van der Waals surface area contributed by atoms with E-state index in [-0.39, 0.29) is 18.6 Å². The summed E-state index contributed by atoms with van der Waals surface area (Å²) < 4.78 is 0. The fourth-order valence-corrected chi connectivity index (χ4v) is 4.01. The first-order valence-electron chi connectivity index (χ1n) is 10.5. The molecule has 1 aliphatic heterocycles. The summed E-state index contributed by atoms with van der Waals surface area (Å²) >= 11 is 0. The predicted octanol–water partition coefficient (Wildman–Crippen LogP) is 4.15. The number of amides is 3. The van der Waals surface area contributed by atoms with Gasteiger partial charge in [-0.25, -0.2) is 9.69 Å². The quantitative estimate of drug-likeness (QED) is 0.534. The smallest absolute Gasteiger partial charge is 0.304 e. The standard InChI is InChI=1S/C26H24N4O2/c1-28(17-22-12-8-11-21(15-22)16-27)19-30-25(31)24(23-13-6-3-7-14-23)29(26(30)32)18-20-9-4-2-5-10-20/h2-15,24H,17-19H2,1H3. The summed E-state index contributed by atoms with van der Waals surface area (Å²) in [5.74, 6) is -0.227. The molecule has 3 aromatic carbocycles. The fraction of sp³-hybridized carbons (Fsp3) is 0.192. The van der Waals surface area contributed by atoms with Gasteiger partial charge in [0.15, 0.2) is 0 Å². The Balaban J connectivity index is 1.56. The number of hydrogen-bond donors (Lipinski definition) is 0. The van der Waals surface area contributed by atoms with Crippen molar-refractivity contribution in [2.45, 2.75) is 19.1 Å². The minimum atomic E-state index is -0.653. The molecule has 6 heteroatoms. The molecule has 3 amide bonds. The molecular formula is C26H24N4O2. The average Bonchev–Trinajstić information content (AvgIpc) is 3.04. The normalized spacial score (nSPS) is 16.0. The summed E-state index contributed by atoms with van der Waals surface area (Å²) in [5.41, 5.74) is 3.31. The van der Waals surface area contributed by atoms with Gasteiger partial charge in [0.1, 0.15) is 6.04 Å². The van der Waals surface area contributed by atoms with Gasteiger partial charge in [0.25, 0.3) is 5.91 Å². The number of hydrogen-bond acceptors (Lipinski definition) is 4. The highest BCUT2D eigenvalue weighted by molar-refractivity contribution is 6.04. The number of carbonyl (C=O) groups excluding carboxylic acids is 2. The van der Waals surface area contributed by atoms with E-state index in [1.54, 1.807) is 11.0 Å². The third-order valence-corrected chi connectivity index (χ3v) is 5.49. The molecule has 0 aliphatic carbocycles. The van der Waals surface area contributed by atoms with Crippen LogP contribution >= 0.6 is 0 Å². The van der Waals surface area contributed by atoms with Crippen molar-refractivity contribution in [2.75, 3.05) is 13.7 Å². The first kappa shape index (κ1) is 21.3. The number of nitriles is 1. The number of imide groups is 1. The van der Waals surface area contributed by atoms with E-state index in [1.165, 1.54) is 4.90 Å². The first-order valence-corrected chi connectivity index (χ1v) is 10.5. The summed E-state index contributed by atoms with van der Waals surface area (Å²) in [6.45, 7) is 1.04. The van der Waals surface area contributed by atoms with Crippen molar-refractivity contribution in [3.63, 3.8) is 0 Å². The van der Waals surface area contributed by atoms with E-state index in [0.717, 1.165) is 16.7 Å². The van der Waals surface area contributed by atoms with E-state index in [0.29, 0.717) is 18.7 Å². The Bertz CT molecular complexity index is 1140. The van der Waals surface area contributed by atoms with Crippen molar-refractivity contribution in [2.24, 2.45) is 0 Å². The lowest BCUT2D eigenvalue weighted by atomic mass is 10.1. The van der Waals surface area contributed by atoms with Crippen LogP contribution in [0.25, 0.3) is 0 Å². The van der Waals surface area contributed by atoms with Crippen LogP contribution in [0.4, 0.5) is 4.79 Å². The molecule has 0 bridgehead atoms. The Kier molecular flexibility index (Phi) is 6.29. The van der Waals surface area contributed by atoms with E-state index in [1.807, 2.05) is 90.8 Å². The van der Waals surface area contributed by atoms with Gasteiger partial charge in [0.05, 0.1) is 18.3 Å². The number of nitrogens with zero attached hydrogens (tertiary/aromatic N) is 4. The summed E-state index contributed by atoms with van der Waals surface area (Å²) in [5, 5.41) is 9.12. The van der Waals surface area contributed by atoms with Crippen LogP contribution in [0.15, 0.2) is 84.9 Å². The number of rotatable bonds is 7. The lowest BCUT2D eigenvalue weighted by molar-refractivity contribution is -0.129. The predicted molar refractivity (Wildman–Crippen MR) is 121 cm³/mol. The monoisotopic (exact) mass is 424 g/mol. The molecule has 0 N–H and O–H groups in total. The van der Waals surface area contributed by atoms with E-state index in [9.17, 15) is 9.59 Å². The van der Waals surface area contributed by atoms with Gasteiger partial charge in [0.2, 0.25) is 0 Å². The minimum absolute atomic E-state index is 0.170. The molecule has 32 heavy (non-hydrogen) atoms. The second-order valence-electron chi connectivity index (χ2n) is 7.94. The molecule has 1 atom stereocenters. The molecule has 0 spiro atoms. The number of urea groups is 1. The lowest BCUT2D eigenvalue weighted by Crippen LogP contribution is -2.40. The molecule has 0 saturated carbocycles. The molecule has 4 rings (SSSR count). The summed E-state index contributed by atoms with van der Waals surface area (Å²) in [7, 11) is 1.86. The van der Waals surface area contributed by atoms with Gasteiger partial charge in [-0.1, -0.05) is 72.8 Å². The molecule has 160 valence electrons. The van der Waals surface area contributed by atoms with Gasteiger partial charge in [-0.2, -0.15) is 5.26 Å². The van der Waals surface area contributed by atoms with E-state index >= 15 is 0 Å². The Morgan fingerprint density at radius 1 is 0.906 bits per heavy atom. The Morgan fingerprint density at radius 3 is 2.25 bits per heavy atom. The molecule has 1 fully saturated rings. The van der Waals surface area contributed by atoms with Crippen LogP contribution < -0.4 is 0 Å². The van der Waals surface area contributed by atoms with Crippen LogP contribution in [0.1, 0.15) is 28.3 Å². The van der Waals surface area contributed by atoms with Gasteiger partial charge in [-0.3, -0.25) is 9.69 Å². The minimum Gasteiger partial charge on any atom is -0.304 e. The first-order chi connectivity index (χ1) is 15.6. The second-order valence-corrected chi connectivity index (χ2v) is 7.94. The lowest BCUT2D eigenvalue weighted by Gasteiger charge is -2.23. The molecule has 0 radical (unpaired) electrons. The summed E-state index contributed by atoms with van der Waals surface area (Å²) in [6.07, 6.45) is 0. The van der Waals surface area contributed by atoms with Crippen molar-refractivity contribution >= 4 is 11.9 Å². The van der Waals surface area contributed by atoms with Crippen LogP contribution in [0.5, 0.6) is 0 Å². The molecular weight excluding hydrogens is 400 g/mol. The second kappa shape index (κ2) is 9.46. The number of benzene rings is 3. The highest BCUT2D eigenvalue weighted by Gasteiger charge is 2.46. The SMILES string of the molecule is CN(Cc1cccc(C#N)c1)CN1C(=O)C(c2ccccc2)N(Cc2ccccc2)C1=O. The van der Waals surface area contributed by atoms with Crippen LogP contribution in [-0.4, -0.2) is 40.4 Å². The largest absolute Gasteiger partial charge is 0.329 e. The molecule has 0 aromatic heterocycles. The third-order valence-electron chi connectivity index (χ3n) is 5.49. The summed E-state index contributed by atoms with van der Waals surface area (Å²) in [6, 6.07) is 27.6. The zero-order valence-electron chi connectivity index (χ0n) is 17.9. The molecule has 1 heterocycles. The zero-order valence-corrected chi connectivity index (χ0v) is 17.9. The van der Waals surface area contributed by atoms with Crippen LogP contribution in [-0.2, 0) is 17.9 Å². The van der Waals surface area contributed by atoms with Crippen molar-refractivity contribution in [3.05, 3.63) is 107 Å². The van der Waals surface area contributed by atoms with Gasteiger partial charge < -0.3 is 4.90 Å². The molecule has 3 aromatic rings. The van der Waals surface area contributed by atoms with Crippen LogP contribution in [0.3, 0.4) is 0 Å². The van der Waals surface area contributed by atoms with Crippen molar-refractivity contribution in [1.82, 2.24) is 14.7 Å². The topological polar surface area (TPSA) is 67.7 Å². The zero-order chi connectivity index (χ0) is 22.5. The van der Waals surface area contributed by atoms with E-state index < -0.39 is 6.04 Å². The maximum atomic E-state index is 13.4. The molecule has 6 nitrogen and oxygen atoms in total.